The van der Waals surface area contributed by atoms with Crippen LogP contribution in [-0.2, 0) is 0 Å². The van der Waals surface area contributed by atoms with Gasteiger partial charge in [-0.15, -0.1) is 11.3 Å². The summed E-state index contributed by atoms with van der Waals surface area (Å²) in [5, 5.41) is 15.6. The van der Waals surface area contributed by atoms with Gasteiger partial charge in [0.2, 0.25) is 0 Å². The van der Waals surface area contributed by atoms with Crippen LogP contribution in [-0.4, -0.2) is 32.7 Å². The zero-order valence-corrected chi connectivity index (χ0v) is 12.5. The molecule has 0 amide bonds. The number of pyridine rings is 1. The number of aromatic nitrogens is 3. The second-order valence-electron chi connectivity index (χ2n) is 4.68. The number of hydrogen-bond donors (Lipinski definition) is 2. The van der Waals surface area contributed by atoms with E-state index >= 15 is 0 Å². The number of aliphatic hydroxyl groups is 1. The highest BCUT2D eigenvalue weighted by Crippen LogP contribution is 2.28. The quantitative estimate of drug-likeness (QED) is 0.758. The molecule has 0 bridgehead atoms. The summed E-state index contributed by atoms with van der Waals surface area (Å²) < 4.78 is 0. The third-order valence-electron chi connectivity index (χ3n) is 3.27. The Morgan fingerprint density at radius 3 is 2.90 bits per heavy atom. The Labute approximate surface area is 126 Å². The van der Waals surface area contributed by atoms with Gasteiger partial charge in [-0.1, -0.05) is 13.0 Å². The van der Waals surface area contributed by atoms with Gasteiger partial charge in [-0.2, -0.15) is 0 Å². The van der Waals surface area contributed by atoms with E-state index < -0.39 is 0 Å². The topological polar surface area (TPSA) is 70.9 Å². The lowest BCUT2D eigenvalue weighted by atomic mass is 10.2. The molecule has 0 aliphatic carbocycles. The molecule has 3 aromatic rings. The second kappa shape index (κ2) is 6.15. The van der Waals surface area contributed by atoms with Crippen LogP contribution in [0.4, 0.5) is 5.82 Å². The maximum absolute atomic E-state index is 9.38. The smallest absolute Gasteiger partial charge is 0.181 e. The minimum absolute atomic E-state index is 0.0143. The summed E-state index contributed by atoms with van der Waals surface area (Å²) in [4.78, 5) is 14.4. The highest BCUT2D eigenvalue weighted by Gasteiger charge is 2.13. The maximum atomic E-state index is 9.38. The summed E-state index contributed by atoms with van der Waals surface area (Å²) in [6.07, 6.45) is 2.55. The lowest BCUT2D eigenvalue weighted by Gasteiger charge is -2.15. The molecule has 0 aliphatic heterocycles. The van der Waals surface area contributed by atoms with E-state index in [9.17, 15) is 5.11 Å². The highest BCUT2D eigenvalue weighted by molar-refractivity contribution is 7.16. The predicted octanol–water partition coefficient (Wildman–Crippen LogP) is 2.94. The van der Waals surface area contributed by atoms with Gasteiger partial charge in [0.25, 0.3) is 0 Å². The number of nitrogens with one attached hydrogen (secondary N) is 1. The standard InChI is InChI=1S/C15H16N4OS/c1-2-10(9-20)17-13-11-6-8-21-15(11)19-14(18-13)12-5-3-4-7-16-12/h3-8,10,20H,2,9H2,1H3,(H,17,18,19)/t10-/m1/s1. The van der Waals surface area contributed by atoms with Gasteiger partial charge in [0.05, 0.1) is 18.0 Å². The first-order valence-corrected chi connectivity index (χ1v) is 7.73. The fourth-order valence-electron chi connectivity index (χ4n) is 2.05. The van der Waals surface area contributed by atoms with E-state index in [1.165, 1.54) is 0 Å². The Kier molecular flexibility index (Phi) is 4.08. The predicted molar refractivity (Wildman–Crippen MR) is 85.4 cm³/mol. The summed E-state index contributed by atoms with van der Waals surface area (Å²) in [7, 11) is 0. The first-order chi connectivity index (χ1) is 10.3. The molecule has 0 aromatic carbocycles. The monoisotopic (exact) mass is 300 g/mol. The van der Waals surface area contributed by atoms with Crippen LogP contribution in [0.25, 0.3) is 21.7 Å². The minimum Gasteiger partial charge on any atom is -0.394 e. The van der Waals surface area contributed by atoms with Crippen molar-refractivity contribution in [3.63, 3.8) is 0 Å². The van der Waals surface area contributed by atoms with Crippen LogP contribution in [0.5, 0.6) is 0 Å². The molecule has 6 heteroatoms. The first-order valence-electron chi connectivity index (χ1n) is 6.86. The summed E-state index contributed by atoms with van der Waals surface area (Å²) in [6, 6.07) is 7.65. The number of fused-ring (bicyclic) bond motifs is 1. The summed E-state index contributed by atoms with van der Waals surface area (Å²) in [6.45, 7) is 2.10. The Hall–Kier alpha value is -2.05. The summed E-state index contributed by atoms with van der Waals surface area (Å²) in [5.74, 6) is 1.35. The number of aliphatic hydroxyl groups excluding tert-OH is 1. The normalized spacial score (nSPS) is 12.5. The van der Waals surface area contributed by atoms with E-state index in [0.29, 0.717) is 5.82 Å². The van der Waals surface area contributed by atoms with Crippen molar-refractivity contribution >= 4 is 27.4 Å². The van der Waals surface area contributed by atoms with Crippen molar-refractivity contribution in [3.8, 4) is 11.5 Å². The molecular formula is C15H16N4OS. The van der Waals surface area contributed by atoms with Crippen LogP contribution in [0.3, 0.4) is 0 Å². The molecular weight excluding hydrogens is 284 g/mol. The number of thiophene rings is 1. The third kappa shape index (κ3) is 2.86. The van der Waals surface area contributed by atoms with Crippen LogP contribution in [0, 0.1) is 0 Å². The van der Waals surface area contributed by atoms with Crippen LogP contribution in [0.2, 0.25) is 0 Å². The molecule has 0 saturated carbocycles. The SMILES string of the molecule is CC[C@H](CO)Nc1nc(-c2ccccn2)nc2sccc12. The lowest BCUT2D eigenvalue weighted by Crippen LogP contribution is -2.23. The van der Waals surface area contributed by atoms with Gasteiger partial charge >= 0.3 is 0 Å². The first kappa shape index (κ1) is 13.9. The van der Waals surface area contributed by atoms with E-state index in [1.54, 1.807) is 17.5 Å². The Balaban J connectivity index is 2.07. The van der Waals surface area contributed by atoms with Gasteiger partial charge in [-0.05, 0) is 30.0 Å². The van der Waals surface area contributed by atoms with Crippen LogP contribution >= 0.6 is 11.3 Å². The molecule has 0 spiro atoms. The fourth-order valence-corrected chi connectivity index (χ4v) is 2.81. The van der Waals surface area contributed by atoms with Crippen molar-refractivity contribution in [3.05, 3.63) is 35.8 Å². The number of hydrogen-bond acceptors (Lipinski definition) is 6. The van der Waals surface area contributed by atoms with Gasteiger partial charge in [0.1, 0.15) is 16.3 Å². The van der Waals surface area contributed by atoms with Crippen LogP contribution in [0.15, 0.2) is 35.8 Å². The van der Waals surface area contributed by atoms with Crippen molar-refractivity contribution in [2.24, 2.45) is 0 Å². The molecule has 0 fully saturated rings. The molecule has 3 aromatic heterocycles. The van der Waals surface area contributed by atoms with E-state index in [0.717, 1.165) is 28.1 Å². The Morgan fingerprint density at radius 2 is 2.19 bits per heavy atom. The van der Waals surface area contributed by atoms with Crippen molar-refractivity contribution in [2.75, 3.05) is 11.9 Å². The van der Waals surface area contributed by atoms with Gasteiger partial charge in [-0.3, -0.25) is 4.98 Å². The zero-order valence-electron chi connectivity index (χ0n) is 11.7. The number of rotatable bonds is 5. The van der Waals surface area contributed by atoms with E-state index in [-0.39, 0.29) is 12.6 Å². The molecule has 108 valence electrons. The Morgan fingerprint density at radius 1 is 1.29 bits per heavy atom. The lowest BCUT2D eigenvalue weighted by molar-refractivity contribution is 0.271. The molecule has 5 nitrogen and oxygen atoms in total. The van der Waals surface area contributed by atoms with Crippen molar-refractivity contribution < 1.29 is 5.11 Å². The average molecular weight is 300 g/mol. The van der Waals surface area contributed by atoms with Gasteiger partial charge in [0, 0.05) is 6.20 Å². The highest BCUT2D eigenvalue weighted by atomic mass is 32.1. The Bertz CT molecular complexity index is 725. The molecule has 21 heavy (non-hydrogen) atoms. The molecule has 2 N–H and O–H groups in total. The molecule has 0 aliphatic rings. The third-order valence-corrected chi connectivity index (χ3v) is 4.08. The zero-order chi connectivity index (χ0) is 14.7. The largest absolute Gasteiger partial charge is 0.394 e. The van der Waals surface area contributed by atoms with Gasteiger partial charge < -0.3 is 10.4 Å². The van der Waals surface area contributed by atoms with Gasteiger partial charge in [-0.25, -0.2) is 9.97 Å². The van der Waals surface area contributed by atoms with E-state index in [1.807, 2.05) is 36.6 Å². The summed E-state index contributed by atoms with van der Waals surface area (Å²) >= 11 is 1.57. The maximum Gasteiger partial charge on any atom is 0.181 e. The van der Waals surface area contributed by atoms with E-state index in [2.05, 4.69) is 20.3 Å². The summed E-state index contributed by atoms with van der Waals surface area (Å²) in [5.41, 5.74) is 0.743. The molecule has 3 heterocycles. The number of anilines is 1. The van der Waals surface area contributed by atoms with Crippen molar-refractivity contribution in [2.45, 2.75) is 19.4 Å². The second-order valence-corrected chi connectivity index (χ2v) is 5.58. The van der Waals surface area contributed by atoms with Crippen molar-refractivity contribution in [1.82, 2.24) is 15.0 Å². The number of nitrogens with zero attached hydrogens (tertiary/aromatic N) is 3. The van der Waals surface area contributed by atoms with Crippen LogP contribution < -0.4 is 5.32 Å². The molecule has 0 unspecified atom stereocenters. The van der Waals surface area contributed by atoms with E-state index in [4.69, 9.17) is 0 Å². The fraction of sp³-hybridized carbons (Fsp3) is 0.267. The van der Waals surface area contributed by atoms with Crippen LogP contribution in [0.1, 0.15) is 13.3 Å². The molecule has 0 radical (unpaired) electrons. The molecule has 1 atom stereocenters. The average Bonchev–Trinajstić information content (AvgIpc) is 3.02. The van der Waals surface area contributed by atoms with Crippen molar-refractivity contribution in [1.29, 1.82) is 0 Å². The van der Waals surface area contributed by atoms with Gasteiger partial charge in [0.15, 0.2) is 5.82 Å². The minimum atomic E-state index is -0.0143. The molecule has 3 rings (SSSR count). The molecule has 0 saturated heterocycles.